The molecule has 5 nitrogen and oxygen atoms in total. The lowest BCUT2D eigenvalue weighted by Gasteiger charge is -2.24. The average Bonchev–Trinajstić information content (AvgIpc) is 2.16. The number of ether oxygens (including phenoxy) is 1. The van der Waals surface area contributed by atoms with Gasteiger partial charge in [0, 0.05) is 6.07 Å². The first-order chi connectivity index (χ1) is 7.43. The maximum Gasteiger partial charge on any atom is 0.218 e. The smallest absolute Gasteiger partial charge is 0.218 e. The van der Waals surface area contributed by atoms with Crippen LogP contribution in [0.2, 0.25) is 0 Å². The van der Waals surface area contributed by atoms with Gasteiger partial charge in [-0.05, 0) is 27.7 Å². The summed E-state index contributed by atoms with van der Waals surface area (Å²) in [6.07, 6.45) is 1.52. The molecule has 16 heavy (non-hydrogen) atoms. The third-order valence-electron chi connectivity index (χ3n) is 1.86. The quantitative estimate of drug-likeness (QED) is 0.793. The molecule has 0 aliphatic heterocycles. The molecule has 90 valence electrons. The number of aliphatic hydroxyl groups excluding tert-OH is 1. The number of hydrogen-bond acceptors (Lipinski definition) is 5. The molecule has 0 spiro atoms. The Balaban J connectivity index is 2.74. The van der Waals surface area contributed by atoms with E-state index in [0.29, 0.717) is 11.7 Å². The number of anilines is 1. The van der Waals surface area contributed by atoms with Crippen molar-refractivity contribution >= 4 is 5.82 Å². The van der Waals surface area contributed by atoms with Crippen LogP contribution >= 0.6 is 0 Å². The molecule has 0 saturated heterocycles. The molecule has 0 saturated carbocycles. The second kappa shape index (κ2) is 5.12. The van der Waals surface area contributed by atoms with E-state index >= 15 is 0 Å². The van der Waals surface area contributed by atoms with Crippen LogP contribution in [0.25, 0.3) is 0 Å². The third-order valence-corrected chi connectivity index (χ3v) is 1.86. The minimum atomic E-state index is -0.413. The van der Waals surface area contributed by atoms with E-state index in [-0.39, 0.29) is 12.7 Å². The Kier molecular flexibility index (Phi) is 4.06. The van der Waals surface area contributed by atoms with E-state index < -0.39 is 5.54 Å². The van der Waals surface area contributed by atoms with Crippen molar-refractivity contribution in [3.63, 3.8) is 0 Å². The van der Waals surface area contributed by atoms with Crippen molar-refractivity contribution in [2.75, 3.05) is 11.9 Å². The van der Waals surface area contributed by atoms with Gasteiger partial charge < -0.3 is 15.2 Å². The minimum absolute atomic E-state index is 0.0252. The van der Waals surface area contributed by atoms with Gasteiger partial charge in [-0.1, -0.05) is 0 Å². The van der Waals surface area contributed by atoms with Crippen LogP contribution in [-0.2, 0) is 0 Å². The summed E-state index contributed by atoms with van der Waals surface area (Å²) in [6.45, 7) is 7.67. The summed E-state index contributed by atoms with van der Waals surface area (Å²) in [5.74, 6) is 1.17. The number of rotatable bonds is 5. The largest absolute Gasteiger partial charge is 0.475 e. The zero-order valence-electron chi connectivity index (χ0n) is 10.2. The maximum absolute atomic E-state index is 9.13. The molecule has 1 aromatic rings. The Labute approximate surface area is 95.9 Å². The molecule has 1 rings (SSSR count). The molecule has 1 aromatic heterocycles. The highest BCUT2D eigenvalue weighted by atomic mass is 16.5. The van der Waals surface area contributed by atoms with Crippen LogP contribution in [0.3, 0.4) is 0 Å². The zero-order chi connectivity index (χ0) is 12.2. The van der Waals surface area contributed by atoms with Crippen molar-refractivity contribution in [2.45, 2.75) is 39.3 Å². The summed E-state index contributed by atoms with van der Waals surface area (Å²) in [7, 11) is 0. The molecule has 1 heterocycles. The molecule has 0 aromatic carbocycles. The second-order valence-corrected chi connectivity index (χ2v) is 4.58. The van der Waals surface area contributed by atoms with Crippen LogP contribution < -0.4 is 10.1 Å². The fraction of sp³-hybridized carbons (Fsp3) is 0.636. The van der Waals surface area contributed by atoms with Crippen molar-refractivity contribution in [3.8, 4) is 5.88 Å². The van der Waals surface area contributed by atoms with E-state index in [2.05, 4.69) is 15.3 Å². The summed E-state index contributed by atoms with van der Waals surface area (Å²) < 4.78 is 5.45. The highest BCUT2D eigenvalue weighted by Gasteiger charge is 2.16. The van der Waals surface area contributed by atoms with E-state index in [1.54, 1.807) is 6.07 Å². The molecule has 0 atom stereocenters. The number of hydrogen-bond donors (Lipinski definition) is 2. The van der Waals surface area contributed by atoms with Crippen molar-refractivity contribution in [1.82, 2.24) is 9.97 Å². The molecule has 0 radical (unpaired) electrons. The Morgan fingerprint density at radius 3 is 2.69 bits per heavy atom. The van der Waals surface area contributed by atoms with Crippen LogP contribution in [0, 0.1) is 0 Å². The van der Waals surface area contributed by atoms with Gasteiger partial charge in [0.15, 0.2) is 0 Å². The average molecular weight is 225 g/mol. The normalized spacial score (nSPS) is 11.6. The van der Waals surface area contributed by atoms with Crippen LogP contribution in [0.1, 0.15) is 27.7 Å². The predicted molar refractivity (Wildman–Crippen MR) is 62.6 cm³/mol. The van der Waals surface area contributed by atoms with Gasteiger partial charge in [-0.2, -0.15) is 0 Å². The number of aliphatic hydroxyl groups is 1. The van der Waals surface area contributed by atoms with Crippen molar-refractivity contribution in [3.05, 3.63) is 12.4 Å². The van der Waals surface area contributed by atoms with E-state index in [9.17, 15) is 0 Å². The minimum Gasteiger partial charge on any atom is -0.475 e. The molecule has 5 heteroatoms. The van der Waals surface area contributed by atoms with Gasteiger partial charge in [-0.25, -0.2) is 9.97 Å². The van der Waals surface area contributed by atoms with Crippen LogP contribution in [0.5, 0.6) is 5.88 Å². The fourth-order valence-corrected chi connectivity index (χ4v) is 1.10. The van der Waals surface area contributed by atoms with Crippen molar-refractivity contribution in [1.29, 1.82) is 0 Å². The summed E-state index contributed by atoms with van der Waals surface area (Å²) >= 11 is 0. The third kappa shape index (κ3) is 4.02. The van der Waals surface area contributed by atoms with Crippen molar-refractivity contribution < 1.29 is 9.84 Å². The SMILES string of the molecule is CC(C)Oc1cc(NC(C)(C)CO)ncn1. The van der Waals surface area contributed by atoms with Crippen LogP contribution in [-0.4, -0.2) is 33.3 Å². The summed E-state index contributed by atoms with van der Waals surface area (Å²) in [4.78, 5) is 8.07. The molecular formula is C11H19N3O2. The van der Waals surface area contributed by atoms with Gasteiger partial charge >= 0.3 is 0 Å². The Morgan fingerprint density at radius 1 is 1.44 bits per heavy atom. The van der Waals surface area contributed by atoms with E-state index in [4.69, 9.17) is 9.84 Å². The predicted octanol–water partition coefficient (Wildman–Crippen LogP) is 1.45. The molecule has 0 fully saturated rings. The Morgan fingerprint density at radius 2 is 2.12 bits per heavy atom. The summed E-state index contributed by atoms with van der Waals surface area (Å²) in [5, 5.41) is 12.2. The maximum atomic E-state index is 9.13. The van der Waals surface area contributed by atoms with Gasteiger partial charge in [-0.3, -0.25) is 0 Å². The lowest BCUT2D eigenvalue weighted by Crippen LogP contribution is -2.35. The molecular weight excluding hydrogens is 206 g/mol. The number of nitrogens with one attached hydrogen (secondary N) is 1. The molecule has 0 aliphatic carbocycles. The lowest BCUT2D eigenvalue weighted by atomic mass is 10.1. The highest BCUT2D eigenvalue weighted by molar-refractivity contribution is 5.39. The second-order valence-electron chi connectivity index (χ2n) is 4.58. The monoisotopic (exact) mass is 225 g/mol. The first-order valence-electron chi connectivity index (χ1n) is 5.31. The lowest BCUT2D eigenvalue weighted by molar-refractivity contribution is 0.230. The summed E-state index contributed by atoms with van der Waals surface area (Å²) in [5.41, 5.74) is -0.413. The van der Waals surface area contributed by atoms with E-state index in [0.717, 1.165) is 0 Å². The Bertz CT molecular complexity index is 340. The zero-order valence-corrected chi connectivity index (χ0v) is 10.2. The van der Waals surface area contributed by atoms with E-state index in [1.165, 1.54) is 6.33 Å². The van der Waals surface area contributed by atoms with Crippen molar-refractivity contribution in [2.24, 2.45) is 0 Å². The molecule has 0 aliphatic rings. The molecule has 0 unspecified atom stereocenters. The van der Waals surface area contributed by atoms with Crippen LogP contribution in [0.15, 0.2) is 12.4 Å². The van der Waals surface area contributed by atoms with Gasteiger partial charge in [0.1, 0.15) is 12.1 Å². The van der Waals surface area contributed by atoms with Gasteiger partial charge in [0.25, 0.3) is 0 Å². The van der Waals surface area contributed by atoms with Gasteiger partial charge in [0.05, 0.1) is 18.2 Å². The Hall–Kier alpha value is -1.36. The van der Waals surface area contributed by atoms with Crippen LogP contribution in [0.4, 0.5) is 5.82 Å². The first kappa shape index (κ1) is 12.7. The standard InChI is InChI=1S/C11H19N3O2/c1-8(2)16-10-5-9(12-7-13-10)14-11(3,4)6-15/h5,7-8,15H,6H2,1-4H3,(H,12,13,14). The molecule has 2 N–H and O–H groups in total. The molecule has 0 bridgehead atoms. The fourth-order valence-electron chi connectivity index (χ4n) is 1.10. The number of aromatic nitrogens is 2. The van der Waals surface area contributed by atoms with Gasteiger partial charge in [-0.15, -0.1) is 0 Å². The number of nitrogens with zero attached hydrogens (tertiary/aromatic N) is 2. The summed E-state index contributed by atoms with van der Waals surface area (Å²) in [6, 6.07) is 1.72. The molecule has 0 amide bonds. The van der Waals surface area contributed by atoms with E-state index in [1.807, 2.05) is 27.7 Å². The topological polar surface area (TPSA) is 67.3 Å². The highest BCUT2D eigenvalue weighted by Crippen LogP contribution is 2.16. The van der Waals surface area contributed by atoms with Gasteiger partial charge in [0.2, 0.25) is 5.88 Å². The first-order valence-corrected chi connectivity index (χ1v) is 5.31.